The van der Waals surface area contributed by atoms with E-state index in [4.69, 9.17) is 0 Å². The first-order valence-electron chi connectivity index (χ1n) is 7.24. The fourth-order valence-electron chi connectivity index (χ4n) is 2.50. The predicted octanol–water partition coefficient (Wildman–Crippen LogP) is 2.51. The maximum Gasteiger partial charge on any atom is 0.255 e. The van der Waals surface area contributed by atoms with Crippen LogP contribution in [0.5, 0.6) is 0 Å². The molecule has 0 unspecified atom stereocenters. The predicted molar refractivity (Wildman–Crippen MR) is 89.0 cm³/mol. The molecule has 0 atom stereocenters. The zero-order valence-electron chi connectivity index (χ0n) is 12.4. The number of halogens is 1. The average molecular weight is 361 g/mol. The van der Waals surface area contributed by atoms with Crippen LogP contribution in [-0.2, 0) is 0 Å². The maximum absolute atomic E-state index is 12.6. The van der Waals surface area contributed by atoms with Gasteiger partial charge in [0.1, 0.15) is 0 Å². The number of aryl methyl sites for hydroxylation is 1. The fourth-order valence-corrected chi connectivity index (χ4v) is 2.96. The Labute approximate surface area is 138 Å². The summed E-state index contributed by atoms with van der Waals surface area (Å²) in [7, 11) is 0. The van der Waals surface area contributed by atoms with E-state index in [2.05, 4.69) is 31.0 Å². The fraction of sp³-hybridized carbons (Fsp3) is 0.312. The molecule has 1 aromatic heterocycles. The standard InChI is InChI=1S/C16H17BrN4O/c1-12-6-7-15(19-18-12)20-8-10-21(11-9-20)16(22)13-4-2-3-5-14(13)17/h2-7H,8-11H2,1H3. The number of carbonyl (C=O) groups is 1. The Morgan fingerprint density at radius 2 is 1.77 bits per heavy atom. The molecular formula is C16H17BrN4O. The molecule has 2 heterocycles. The van der Waals surface area contributed by atoms with Gasteiger partial charge in [-0.2, -0.15) is 5.10 Å². The van der Waals surface area contributed by atoms with Crippen molar-refractivity contribution in [1.82, 2.24) is 15.1 Å². The monoisotopic (exact) mass is 360 g/mol. The number of amides is 1. The zero-order chi connectivity index (χ0) is 15.5. The highest BCUT2D eigenvalue weighted by atomic mass is 79.9. The van der Waals surface area contributed by atoms with E-state index in [-0.39, 0.29) is 5.91 Å². The van der Waals surface area contributed by atoms with Crippen LogP contribution in [-0.4, -0.2) is 47.2 Å². The van der Waals surface area contributed by atoms with Crippen molar-refractivity contribution in [3.8, 4) is 0 Å². The SMILES string of the molecule is Cc1ccc(N2CCN(C(=O)c3ccccc3Br)CC2)nn1. The number of anilines is 1. The molecule has 5 nitrogen and oxygen atoms in total. The summed E-state index contributed by atoms with van der Waals surface area (Å²) in [5.41, 5.74) is 1.62. The Bertz CT molecular complexity index is 666. The van der Waals surface area contributed by atoms with Crippen molar-refractivity contribution < 1.29 is 4.79 Å². The number of hydrogen-bond donors (Lipinski definition) is 0. The van der Waals surface area contributed by atoms with Gasteiger partial charge in [-0.05, 0) is 47.1 Å². The van der Waals surface area contributed by atoms with Gasteiger partial charge in [-0.25, -0.2) is 0 Å². The highest BCUT2D eigenvalue weighted by Crippen LogP contribution is 2.19. The van der Waals surface area contributed by atoms with Gasteiger partial charge in [0.05, 0.1) is 11.3 Å². The topological polar surface area (TPSA) is 49.3 Å². The molecule has 3 rings (SSSR count). The number of nitrogens with zero attached hydrogens (tertiary/aromatic N) is 4. The third-order valence-electron chi connectivity index (χ3n) is 3.78. The van der Waals surface area contributed by atoms with E-state index in [0.29, 0.717) is 18.7 Å². The summed E-state index contributed by atoms with van der Waals surface area (Å²) >= 11 is 3.44. The maximum atomic E-state index is 12.6. The van der Waals surface area contributed by atoms with Crippen LogP contribution in [0.15, 0.2) is 40.9 Å². The van der Waals surface area contributed by atoms with Crippen molar-refractivity contribution in [3.63, 3.8) is 0 Å². The lowest BCUT2D eigenvalue weighted by atomic mass is 10.2. The van der Waals surface area contributed by atoms with E-state index >= 15 is 0 Å². The first-order valence-corrected chi connectivity index (χ1v) is 8.03. The van der Waals surface area contributed by atoms with Gasteiger partial charge in [-0.1, -0.05) is 12.1 Å². The van der Waals surface area contributed by atoms with Gasteiger partial charge in [0.15, 0.2) is 5.82 Å². The van der Waals surface area contributed by atoms with Crippen LogP contribution in [0.4, 0.5) is 5.82 Å². The van der Waals surface area contributed by atoms with Crippen molar-refractivity contribution in [2.75, 3.05) is 31.1 Å². The molecular weight excluding hydrogens is 344 g/mol. The molecule has 1 fully saturated rings. The van der Waals surface area contributed by atoms with Gasteiger partial charge in [0, 0.05) is 30.7 Å². The minimum atomic E-state index is 0.0714. The number of hydrogen-bond acceptors (Lipinski definition) is 4. The Morgan fingerprint density at radius 3 is 2.41 bits per heavy atom. The first-order chi connectivity index (χ1) is 10.6. The molecule has 0 saturated carbocycles. The molecule has 0 bridgehead atoms. The normalized spacial score (nSPS) is 15.0. The van der Waals surface area contributed by atoms with E-state index in [1.54, 1.807) is 0 Å². The van der Waals surface area contributed by atoms with Crippen LogP contribution in [0.1, 0.15) is 16.1 Å². The molecule has 0 spiro atoms. The van der Waals surface area contributed by atoms with Crippen LogP contribution in [0, 0.1) is 6.92 Å². The van der Waals surface area contributed by atoms with Crippen LogP contribution in [0.3, 0.4) is 0 Å². The molecule has 114 valence electrons. The lowest BCUT2D eigenvalue weighted by molar-refractivity contribution is 0.0745. The summed E-state index contributed by atoms with van der Waals surface area (Å²) in [5, 5.41) is 8.30. The van der Waals surface area contributed by atoms with E-state index in [1.807, 2.05) is 48.2 Å². The van der Waals surface area contributed by atoms with Crippen molar-refractivity contribution in [2.24, 2.45) is 0 Å². The molecule has 1 aromatic carbocycles. The minimum Gasteiger partial charge on any atom is -0.352 e. The van der Waals surface area contributed by atoms with Crippen molar-refractivity contribution in [2.45, 2.75) is 6.92 Å². The van der Waals surface area contributed by atoms with E-state index in [0.717, 1.165) is 29.1 Å². The van der Waals surface area contributed by atoms with Crippen LogP contribution in [0.2, 0.25) is 0 Å². The highest BCUT2D eigenvalue weighted by Gasteiger charge is 2.23. The molecule has 0 radical (unpaired) electrons. The molecule has 1 saturated heterocycles. The summed E-state index contributed by atoms with van der Waals surface area (Å²) in [5.74, 6) is 0.945. The summed E-state index contributed by atoms with van der Waals surface area (Å²) in [6, 6.07) is 11.5. The van der Waals surface area contributed by atoms with E-state index in [9.17, 15) is 4.79 Å². The third kappa shape index (κ3) is 3.11. The van der Waals surface area contributed by atoms with E-state index in [1.165, 1.54) is 0 Å². The number of carbonyl (C=O) groups excluding carboxylic acids is 1. The van der Waals surface area contributed by atoms with Gasteiger partial charge in [-0.15, -0.1) is 5.10 Å². The molecule has 22 heavy (non-hydrogen) atoms. The summed E-state index contributed by atoms with van der Waals surface area (Å²) in [4.78, 5) is 16.6. The second-order valence-electron chi connectivity index (χ2n) is 5.29. The lowest BCUT2D eigenvalue weighted by Crippen LogP contribution is -2.49. The number of benzene rings is 1. The Kier molecular flexibility index (Phi) is 4.38. The summed E-state index contributed by atoms with van der Waals surface area (Å²) in [6.07, 6.45) is 0. The largest absolute Gasteiger partial charge is 0.352 e. The smallest absolute Gasteiger partial charge is 0.255 e. The van der Waals surface area contributed by atoms with Crippen molar-refractivity contribution in [3.05, 3.63) is 52.1 Å². The second kappa shape index (κ2) is 6.44. The summed E-state index contributed by atoms with van der Waals surface area (Å²) < 4.78 is 0.840. The number of rotatable bonds is 2. The van der Waals surface area contributed by atoms with Gasteiger partial charge >= 0.3 is 0 Å². The minimum absolute atomic E-state index is 0.0714. The van der Waals surface area contributed by atoms with Crippen molar-refractivity contribution >= 4 is 27.7 Å². The third-order valence-corrected chi connectivity index (χ3v) is 4.47. The molecule has 1 aliphatic rings. The Balaban J connectivity index is 1.65. The first kappa shape index (κ1) is 15.0. The molecule has 6 heteroatoms. The highest BCUT2D eigenvalue weighted by molar-refractivity contribution is 9.10. The van der Waals surface area contributed by atoms with Gasteiger partial charge in [0.25, 0.3) is 5.91 Å². The Morgan fingerprint density at radius 1 is 1.05 bits per heavy atom. The zero-order valence-corrected chi connectivity index (χ0v) is 14.0. The van der Waals surface area contributed by atoms with Gasteiger partial charge < -0.3 is 9.80 Å². The number of piperazine rings is 1. The quantitative estimate of drug-likeness (QED) is 0.825. The molecule has 0 aliphatic carbocycles. The summed E-state index contributed by atoms with van der Waals surface area (Å²) in [6.45, 7) is 4.85. The molecule has 1 aliphatic heterocycles. The number of aromatic nitrogens is 2. The van der Waals surface area contributed by atoms with Crippen LogP contribution < -0.4 is 4.90 Å². The van der Waals surface area contributed by atoms with Gasteiger partial charge in [0.2, 0.25) is 0 Å². The van der Waals surface area contributed by atoms with Crippen LogP contribution in [0.25, 0.3) is 0 Å². The average Bonchev–Trinajstić information content (AvgIpc) is 2.56. The van der Waals surface area contributed by atoms with Crippen molar-refractivity contribution in [1.29, 1.82) is 0 Å². The molecule has 1 amide bonds. The van der Waals surface area contributed by atoms with E-state index < -0.39 is 0 Å². The van der Waals surface area contributed by atoms with Gasteiger partial charge in [-0.3, -0.25) is 4.79 Å². The molecule has 2 aromatic rings. The Hall–Kier alpha value is -1.95. The second-order valence-corrected chi connectivity index (χ2v) is 6.15. The molecule has 0 N–H and O–H groups in total. The van der Waals surface area contributed by atoms with Crippen LogP contribution >= 0.6 is 15.9 Å². The lowest BCUT2D eigenvalue weighted by Gasteiger charge is -2.35.